The molecule has 144 valence electrons. The van der Waals surface area contributed by atoms with Crippen LogP contribution >= 0.6 is 0 Å². The highest BCUT2D eigenvalue weighted by Gasteiger charge is 2.29. The SMILES string of the molecule is Cn1cc2c(-c3cc(F)c(CN4Cc5ncccc5C4=O)cc3F)cccc2n1. The Balaban J connectivity index is 1.50. The number of aryl methyl sites for hydroxylation is 1. The van der Waals surface area contributed by atoms with E-state index in [1.165, 1.54) is 17.0 Å². The zero-order valence-corrected chi connectivity index (χ0v) is 15.6. The lowest BCUT2D eigenvalue weighted by atomic mass is 9.99. The average Bonchev–Trinajstić information content (AvgIpc) is 3.24. The minimum atomic E-state index is -0.556. The number of aromatic nitrogens is 3. The van der Waals surface area contributed by atoms with Gasteiger partial charge in [0.15, 0.2) is 0 Å². The van der Waals surface area contributed by atoms with Gasteiger partial charge in [-0.2, -0.15) is 5.10 Å². The van der Waals surface area contributed by atoms with Gasteiger partial charge in [-0.15, -0.1) is 0 Å². The van der Waals surface area contributed by atoms with Gasteiger partial charge in [0.2, 0.25) is 0 Å². The molecule has 0 unspecified atom stereocenters. The number of carbonyl (C=O) groups excluding carboxylic acids is 1. The zero-order valence-electron chi connectivity index (χ0n) is 15.6. The lowest BCUT2D eigenvalue weighted by Crippen LogP contribution is -2.24. The molecule has 0 N–H and O–H groups in total. The van der Waals surface area contributed by atoms with Gasteiger partial charge in [0.25, 0.3) is 5.91 Å². The van der Waals surface area contributed by atoms with Gasteiger partial charge in [-0.25, -0.2) is 8.78 Å². The van der Waals surface area contributed by atoms with Crippen LogP contribution in [0.25, 0.3) is 22.0 Å². The summed E-state index contributed by atoms with van der Waals surface area (Å²) in [5, 5.41) is 5.06. The van der Waals surface area contributed by atoms with Crippen molar-refractivity contribution >= 4 is 16.8 Å². The predicted molar refractivity (Wildman–Crippen MR) is 104 cm³/mol. The number of amides is 1. The first kappa shape index (κ1) is 17.5. The summed E-state index contributed by atoms with van der Waals surface area (Å²) in [5.74, 6) is -1.32. The van der Waals surface area contributed by atoms with E-state index in [1.807, 2.05) is 6.07 Å². The number of fused-ring (bicyclic) bond motifs is 2. The van der Waals surface area contributed by atoms with Crippen molar-refractivity contribution in [2.75, 3.05) is 0 Å². The van der Waals surface area contributed by atoms with Crippen LogP contribution in [0.3, 0.4) is 0 Å². The summed E-state index contributed by atoms with van der Waals surface area (Å²) in [5.41, 5.74) is 2.74. The van der Waals surface area contributed by atoms with Crippen LogP contribution in [0.5, 0.6) is 0 Å². The molecule has 1 amide bonds. The van der Waals surface area contributed by atoms with Gasteiger partial charge in [-0.05, 0) is 35.9 Å². The van der Waals surface area contributed by atoms with Gasteiger partial charge in [0.1, 0.15) is 11.6 Å². The van der Waals surface area contributed by atoms with E-state index in [9.17, 15) is 13.6 Å². The maximum Gasteiger partial charge on any atom is 0.256 e. The molecule has 1 aliphatic heterocycles. The Bertz CT molecular complexity index is 1280. The van der Waals surface area contributed by atoms with E-state index in [0.717, 1.165) is 5.39 Å². The number of pyridine rings is 1. The third-order valence-electron chi connectivity index (χ3n) is 5.20. The molecule has 0 fully saturated rings. The molecule has 0 atom stereocenters. The number of carbonyl (C=O) groups is 1. The van der Waals surface area contributed by atoms with Gasteiger partial charge >= 0.3 is 0 Å². The third kappa shape index (κ3) is 2.86. The topological polar surface area (TPSA) is 51.0 Å². The van der Waals surface area contributed by atoms with E-state index < -0.39 is 11.6 Å². The number of rotatable bonds is 3. The van der Waals surface area contributed by atoms with Crippen LogP contribution in [-0.2, 0) is 20.1 Å². The van der Waals surface area contributed by atoms with E-state index >= 15 is 0 Å². The minimum Gasteiger partial charge on any atom is -0.328 e. The Morgan fingerprint density at radius 1 is 1.03 bits per heavy atom. The molecule has 4 aromatic rings. The highest BCUT2D eigenvalue weighted by atomic mass is 19.1. The molecule has 0 saturated heterocycles. The highest BCUT2D eigenvalue weighted by molar-refractivity contribution is 5.97. The van der Waals surface area contributed by atoms with Crippen molar-refractivity contribution in [3.63, 3.8) is 0 Å². The smallest absolute Gasteiger partial charge is 0.256 e. The van der Waals surface area contributed by atoms with Crippen LogP contribution in [-0.4, -0.2) is 25.6 Å². The molecule has 0 aliphatic carbocycles. The van der Waals surface area contributed by atoms with E-state index in [4.69, 9.17) is 0 Å². The van der Waals surface area contributed by atoms with Gasteiger partial charge in [-0.3, -0.25) is 14.5 Å². The summed E-state index contributed by atoms with van der Waals surface area (Å²) in [4.78, 5) is 18.2. The standard InChI is InChI=1S/C22H16F2N4O/c1-27-11-17-14(4-2-6-20(17)26-27)16-9-18(23)13(8-19(16)24)10-28-12-21-15(22(28)29)5-3-7-25-21/h2-9,11H,10,12H2,1H3. The Hall–Kier alpha value is -3.61. The number of hydrogen-bond donors (Lipinski definition) is 0. The quantitative estimate of drug-likeness (QED) is 0.530. The molecule has 29 heavy (non-hydrogen) atoms. The fourth-order valence-electron chi connectivity index (χ4n) is 3.83. The number of halogens is 2. The zero-order chi connectivity index (χ0) is 20.1. The molecule has 0 radical (unpaired) electrons. The van der Waals surface area contributed by atoms with Crippen LogP contribution in [0, 0.1) is 11.6 Å². The molecule has 5 rings (SSSR count). The normalized spacial score (nSPS) is 13.3. The van der Waals surface area contributed by atoms with Crippen LogP contribution < -0.4 is 0 Å². The Morgan fingerprint density at radius 2 is 1.86 bits per heavy atom. The maximum atomic E-state index is 15.0. The average molecular weight is 390 g/mol. The molecule has 5 nitrogen and oxygen atoms in total. The molecule has 0 saturated carbocycles. The van der Waals surface area contributed by atoms with Crippen LogP contribution in [0.15, 0.2) is 54.9 Å². The predicted octanol–water partition coefficient (Wildman–Crippen LogP) is 4.07. The van der Waals surface area contributed by atoms with Crippen LogP contribution in [0.1, 0.15) is 21.6 Å². The van der Waals surface area contributed by atoms with E-state index in [0.29, 0.717) is 22.3 Å². The Labute approximate surface area is 165 Å². The van der Waals surface area contributed by atoms with E-state index in [1.54, 1.807) is 48.4 Å². The van der Waals surface area contributed by atoms with Gasteiger partial charge in [0.05, 0.1) is 23.3 Å². The highest BCUT2D eigenvalue weighted by Crippen LogP contribution is 2.32. The van der Waals surface area contributed by atoms with Crippen molar-refractivity contribution in [3.05, 3.63) is 83.3 Å². The lowest BCUT2D eigenvalue weighted by Gasteiger charge is -2.17. The summed E-state index contributed by atoms with van der Waals surface area (Å²) in [6.07, 6.45) is 3.40. The molecule has 1 aliphatic rings. The first-order valence-corrected chi connectivity index (χ1v) is 9.15. The second-order valence-corrected chi connectivity index (χ2v) is 7.12. The number of hydrogen-bond acceptors (Lipinski definition) is 3. The van der Waals surface area contributed by atoms with Crippen molar-refractivity contribution in [1.29, 1.82) is 0 Å². The Kier molecular flexibility index (Phi) is 3.91. The fourth-order valence-corrected chi connectivity index (χ4v) is 3.83. The van der Waals surface area contributed by atoms with Crippen molar-refractivity contribution in [3.8, 4) is 11.1 Å². The molecule has 3 heterocycles. The molecular formula is C22H16F2N4O. The molecule has 0 bridgehead atoms. The monoisotopic (exact) mass is 390 g/mol. The van der Waals surface area contributed by atoms with E-state index in [2.05, 4.69) is 10.1 Å². The second kappa shape index (κ2) is 6.48. The first-order chi connectivity index (χ1) is 14.0. The summed E-state index contributed by atoms with van der Waals surface area (Å²) in [7, 11) is 1.78. The first-order valence-electron chi connectivity index (χ1n) is 9.15. The number of nitrogens with zero attached hydrogens (tertiary/aromatic N) is 4. The van der Waals surface area contributed by atoms with Crippen molar-refractivity contribution in [2.24, 2.45) is 7.05 Å². The van der Waals surface area contributed by atoms with Gasteiger partial charge in [0, 0.05) is 42.5 Å². The number of benzene rings is 2. The van der Waals surface area contributed by atoms with Crippen molar-refractivity contribution in [1.82, 2.24) is 19.7 Å². The van der Waals surface area contributed by atoms with Gasteiger partial charge in [-0.1, -0.05) is 12.1 Å². The van der Waals surface area contributed by atoms with E-state index in [-0.39, 0.29) is 30.1 Å². The minimum absolute atomic E-state index is 0.0185. The lowest BCUT2D eigenvalue weighted by molar-refractivity contribution is 0.0764. The summed E-state index contributed by atoms with van der Waals surface area (Å²) in [6.45, 7) is 0.266. The maximum absolute atomic E-state index is 15.0. The summed E-state index contributed by atoms with van der Waals surface area (Å²) >= 11 is 0. The third-order valence-corrected chi connectivity index (χ3v) is 5.20. The van der Waals surface area contributed by atoms with Gasteiger partial charge < -0.3 is 4.90 Å². The van der Waals surface area contributed by atoms with Crippen molar-refractivity contribution in [2.45, 2.75) is 13.1 Å². The second-order valence-electron chi connectivity index (χ2n) is 7.12. The molecule has 2 aromatic heterocycles. The van der Waals surface area contributed by atoms with Crippen LogP contribution in [0.4, 0.5) is 8.78 Å². The molecule has 7 heteroatoms. The largest absolute Gasteiger partial charge is 0.328 e. The summed E-state index contributed by atoms with van der Waals surface area (Å²) < 4.78 is 31.5. The molecular weight excluding hydrogens is 374 g/mol. The Morgan fingerprint density at radius 3 is 2.69 bits per heavy atom. The molecule has 0 spiro atoms. The fraction of sp³-hybridized carbons (Fsp3) is 0.136. The van der Waals surface area contributed by atoms with Crippen molar-refractivity contribution < 1.29 is 13.6 Å². The summed E-state index contributed by atoms with van der Waals surface area (Å²) in [6, 6.07) is 11.1. The molecule has 2 aromatic carbocycles. The van der Waals surface area contributed by atoms with Crippen LogP contribution in [0.2, 0.25) is 0 Å².